The number of nitrogen functional groups attached to an aromatic ring is 1. The number of hydrogen-bond donors (Lipinski definition) is 1. The van der Waals surface area contributed by atoms with E-state index < -0.39 is 26.8 Å². The maximum atomic E-state index is 13.1. The molecule has 1 aliphatic rings. The number of carbonyl (C=O) groups excluding carboxylic acids is 2. The highest BCUT2D eigenvalue weighted by atomic mass is 32.2. The molecule has 2 aromatic carbocycles. The number of benzene rings is 2. The monoisotopic (exact) mass is 397 g/mol. The molecular formula is C20H19N3O4S. The molecule has 0 bridgehead atoms. The molecule has 1 saturated carbocycles. The van der Waals surface area contributed by atoms with Crippen LogP contribution in [0.25, 0.3) is 11.0 Å². The van der Waals surface area contributed by atoms with Crippen LogP contribution in [0.5, 0.6) is 0 Å². The van der Waals surface area contributed by atoms with Crippen molar-refractivity contribution >= 4 is 38.6 Å². The third-order valence-electron chi connectivity index (χ3n) is 5.12. The SMILES string of the molecule is Nc1nc2ccc(C(=O)C(=O)c3ccccc3)cc2n1S(=O)(=O)C1CCCC1. The van der Waals surface area contributed by atoms with E-state index in [0.717, 1.165) is 16.8 Å². The lowest BCUT2D eigenvalue weighted by molar-refractivity contribution is 0.0817. The summed E-state index contributed by atoms with van der Waals surface area (Å²) in [5.41, 5.74) is 6.87. The molecule has 1 fully saturated rings. The Labute approximate surface area is 162 Å². The van der Waals surface area contributed by atoms with Crippen molar-refractivity contribution in [2.75, 3.05) is 5.73 Å². The average molecular weight is 397 g/mol. The zero-order valence-corrected chi connectivity index (χ0v) is 15.9. The number of fused-ring (bicyclic) bond motifs is 1. The molecule has 0 spiro atoms. The molecule has 1 heterocycles. The summed E-state index contributed by atoms with van der Waals surface area (Å²) in [5.74, 6) is -1.50. The second-order valence-electron chi connectivity index (χ2n) is 6.91. The number of carbonyl (C=O) groups is 2. The van der Waals surface area contributed by atoms with E-state index in [1.54, 1.807) is 30.3 Å². The number of ketones is 2. The van der Waals surface area contributed by atoms with Crippen LogP contribution in [0.15, 0.2) is 48.5 Å². The lowest BCUT2D eigenvalue weighted by atomic mass is 10.0. The van der Waals surface area contributed by atoms with Crippen LogP contribution in [0.4, 0.5) is 5.95 Å². The van der Waals surface area contributed by atoms with Gasteiger partial charge in [-0.2, -0.15) is 0 Å². The number of anilines is 1. The second-order valence-corrected chi connectivity index (χ2v) is 8.98. The fourth-order valence-corrected chi connectivity index (χ4v) is 5.62. The molecule has 7 nitrogen and oxygen atoms in total. The van der Waals surface area contributed by atoms with Gasteiger partial charge in [0, 0.05) is 11.1 Å². The van der Waals surface area contributed by atoms with Gasteiger partial charge in [-0.15, -0.1) is 0 Å². The van der Waals surface area contributed by atoms with Crippen LogP contribution in [-0.4, -0.2) is 34.2 Å². The van der Waals surface area contributed by atoms with Crippen molar-refractivity contribution in [1.29, 1.82) is 0 Å². The first-order valence-corrected chi connectivity index (χ1v) is 10.6. The van der Waals surface area contributed by atoms with E-state index in [0.29, 0.717) is 18.4 Å². The van der Waals surface area contributed by atoms with Crippen LogP contribution in [0.1, 0.15) is 46.4 Å². The number of hydrogen-bond acceptors (Lipinski definition) is 6. The Morgan fingerprint density at radius 3 is 2.29 bits per heavy atom. The van der Waals surface area contributed by atoms with Crippen molar-refractivity contribution < 1.29 is 18.0 Å². The Morgan fingerprint density at radius 2 is 1.61 bits per heavy atom. The highest BCUT2D eigenvalue weighted by Gasteiger charge is 2.33. The minimum absolute atomic E-state index is 0.101. The van der Waals surface area contributed by atoms with Crippen molar-refractivity contribution in [3.8, 4) is 0 Å². The van der Waals surface area contributed by atoms with Gasteiger partial charge in [-0.3, -0.25) is 9.59 Å². The maximum Gasteiger partial charge on any atom is 0.244 e. The van der Waals surface area contributed by atoms with Crippen LogP contribution >= 0.6 is 0 Å². The highest BCUT2D eigenvalue weighted by Crippen LogP contribution is 2.30. The summed E-state index contributed by atoms with van der Waals surface area (Å²) in [7, 11) is -3.73. The lowest BCUT2D eigenvalue weighted by Crippen LogP contribution is -2.26. The topological polar surface area (TPSA) is 112 Å². The van der Waals surface area contributed by atoms with Crippen LogP contribution in [0.2, 0.25) is 0 Å². The molecular weight excluding hydrogens is 378 g/mol. The van der Waals surface area contributed by atoms with Crippen molar-refractivity contribution in [3.05, 3.63) is 59.7 Å². The summed E-state index contributed by atoms with van der Waals surface area (Å²) >= 11 is 0. The molecule has 4 rings (SSSR count). The van der Waals surface area contributed by atoms with Gasteiger partial charge in [0.05, 0.1) is 16.3 Å². The van der Waals surface area contributed by atoms with Crippen molar-refractivity contribution in [1.82, 2.24) is 8.96 Å². The fourth-order valence-electron chi connectivity index (χ4n) is 3.67. The third kappa shape index (κ3) is 2.99. The summed E-state index contributed by atoms with van der Waals surface area (Å²) in [6.45, 7) is 0. The molecule has 0 amide bonds. The minimum Gasteiger partial charge on any atom is -0.368 e. The molecule has 1 aromatic heterocycles. The van der Waals surface area contributed by atoms with Gasteiger partial charge in [-0.25, -0.2) is 17.4 Å². The largest absolute Gasteiger partial charge is 0.368 e. The van der Waals surface area contributed by atoms with E-state index in [9.17, 15) is 18.0 Å². The van der Waals surface area contributed by atoms with Gasteiger partial charge < -0.3 is 5.73 Å². The summed E-state index contributed by atoms with van der Waals surface area (Å²) in [4.78, 5) is 29.2. The van der Waals surface area contributed by atoms with Gasteiger partial charge in [-0.1, -0.05) is 43.2 Å². The molecule has 28 heavy (non-hydrogen) atoms. The Bertz CT molecular complexity index is 1180. The van der Waals surface area contributed by atoms with Gasteiger partial charge in [-0.05, 0) is 31.0 Å². The van der Waals surface area contributed by atoms with Crippen molar-refractivity contribution in [2.24, 2.45) is 0 Å². The Hall–Kier alpha value is -3.00. The first-order chi connectivity index (χ1) is 13.4. The quantitative estimate of drug-likeness (QED) is 0.523. The van der Waals surface area contributed by atoms with Gasteiger partial charge in [0.25, 0.3) is 0 Å². The van der Waals surface area contributed by atoms with Gasteiger partial charge in [0.2, 0.25) is 27.5 Å². The van der Waals surface area contributed by atoms with Crippen LogP contribution in [0, 0.1) is 0 Å². The van der Waals surface area contributed by atoms with Crippen LogP contribution in [0.3, 0.4) is 0 Å². The number of imidazole rings is 1. The predicted octanol–water partition coefficient (Wildman–Crippen LogP) is 2.80. The number of nitrogens with zero attached hydrogens (tertiary/aromatic N) is 2. The van der Waals surface area contributed by atoms with Crippen molar-refractivity contribution in [3.63, 3.8) is 0 Å². The number of aromatic nitrogens is 2. The molecule has 0 saturated heterocycles. The Morgan fingerprint density at radius 1 is 0.964 bits per heavy atom. The second kappa shape index (κ2) is 6.87. The zero-order chi connectivity index (χ0) is 19.9. The minimum atomic E-state index is -3.73. The summed E-state index contributed by atoms with van der Waals surface area (Å²) < 4.78 is 27.1. The third-order valence-corrected chi connectivity index (χ3v) is 7.33. The molecule has 0 atom stereocenters. The lowest BCUT2D eigenvalue weighted by Gasteiger charge is -2.14. The van der Waals surface area contributed by atoms with E-state index in [1.165, 1.54) is 18.2 Å². The van der Waals surface area contributed by atoms with Crippen LogP contribution in [-0.2, 0) is 10.0 Å². The molecule has 1 aliphatic carbocycles. The highest BCUT2D eigenvalue weighted by molar-refractivity contribution is 7.90. The van der Waals surface area contributed by atoms with E-state index in [4.69, 9.17) is 5.73 Å². The predicted molar refractivity (Wildman–Crippen MR) is 106 cm³/mol. The van der Waals surface area contributed by atoms with E-state index in [2.05, 4.69) is 4.98 Å². The Balaban J connectivity index is 1.79. The van der Waals surface area contributed by atoms with E-state index in [1.807, 2.05) is 0 Å². The molecule has 0 unspecified atom stereocenters. The summed E-state index contributed by atoms with van der Waals surface area (Å²) in [6, 6.07) is 12.6. The van der Waals surface area contributed by atoms with E-state index in [-0.39, 0.29) is 22.6 Å². The van der Waals surface area contributed by atoms with Crippen molar-refractivity contribution in [2.45, 2.75) is 30.9 Å². The van der Waals surface area contributed by atoms with Crippen LogP contribution < -0.4 is 5.73 Å². The normalized spacial score (nSPS) is 15.1. The number of Topliss-reactive ketones (excluding diaryl/α,β-unsaturated/α-hetero) is 2. The molecule has 0 radical (unpaired) electrons. The van der Waals surface area contributed by atoms with Gasteiger partial charge >= 0.3 is 0 Å². The number of nitrogens with two attached hydrogens (primary N) is 1. The summed E-state index contributed by atoms with van der Waals surface area (Å²) in [5, 5.41) is -0.516. The molecule has 2 N–H and O–H groups in total. The first kappa shape index (κ1) is 18.4. The molecule has 0 aliphatic heterocycles. The van der Waals surface area contributed by atoms with E-state index >= 15 is 0 Å². The molecule has 8 heteroatoms. The number of rotatable bonds is 5. The fraction of sp³-hybridized carbons (Fsp3) is 0.250. The standard InChI is InChI=1S/C20H19N3O4S/c21-20-22-16-11-10-14(19(25)18(24)13-6-2-1-3-7-13)12-17(16)23(20)28(26,27)15-8-4-5-9-15/h1-3,6-7,10-12,15H,4-5,8-9H2,(H2,21,22). The average Bonchev–Trinajstić information content (AvgIpc) is 3.34. The van der Waals surface area contributed by atoms with Gasteiger partial charge in [0.1, 0.15) is 0 Å². The van der Waals surface area contributed by atoms with Gasteiger partial charge in [0.15, 0.2) is 0 Å². The molecule has 144 valence electrons. The maximum absolute atomic E-state index is 13.1. The summed E-state index contributed by atoms with van der Waals surface area (Å²) in [6.07, 6.45) is 2.86. The Kier molecular flexibility index (Phi) is 4.50. The zero-order valence-electron chi connectivity index (χ0n) is 15.0. The first-order valence-electron chi connectivity index (χ1n) is 9.06. The smallest absolute Gasteiger partial charge is 0.244 e. The molecule has 3 aromatic rings.